The standard InChI is InChI=1S/C14H29N/c1-3-5-6-7-8-9-14(10-11-14)13-15-12-4-2/h15H,3-13H2,1-2H3. The van der Waals surface area contributed by atoms with Gasteiger partial charge >= 0.3 is 0 Å². The van der Waals surface area contributed by atoms with Gasteiger partial charge < -0.3 is 5.32 Å². The van der Waals surface area contributed by atoms with E-state index in [1.54, 1.807) is 0 Å². The molecule has 15 heavy (non-hydrogen) atoms. The lowest BCUT2D eigenvalue weighted by atomic mass is 9.97. The van der Waals surface area contributed by atoms with Crippen molar-refractivity contribution in [3.63, 3.8) is 0 Å². The maximum Gasteiger partial charge on any atom is 0.000781 e. The molecule has 1 saturated carbocycles. The third-order valence-corrected chi connectivity index (χ3v) is 3.69. The maximum absolute atomic E-state index is 3.59. The molecule has 0 unspecified atom stereocenters. The highest BCUT2D eigenvalue weighted by Gasteiger charge is 2.40. The molecule has 0 spiro atoms. The number of hydrogen-bond donors (Lipinski definition) is 1. The molecule has 0 saturated heterocycles. The van der Waals surface area contributed by atoms with Gasteiger partial charge in [0.2, 0.25) is 0 Å². The summed E-state index contributed by atoms with van der Waals surface area (Å²) in [5.74, 6) is 0. The molecular formula is C14H29N. The van der Waals surface area contributed by atoms with E-state index >= 15 is 0 Å². The summed E-state index contributed by atoms with van der Waals surface area (Å²) in [6, 6.07) is 0. The molecule has 90 valence electrons. The lowest BCUT2D eigenvalue weighted by molar-refractivity contribution is 0.403. The highest BCUT2D eigenvalue weighted by atomic mass is 14.9. The highest BCUT2D eigenvalue weighted by molar-refractivity contribution is 4.94. The van der Waals surface area contributed by atoms with Crippen molar-refractivity contribution in [2.24, 2.45) is 5.41 Å². The van der Waals surface area contributed by atoms with Crippen molar-refractivity contribution in [1.29, 1.82) is 0 Å². The van der Waals surface area contributed by atoms with Crippen LogP contribution >= 0.6 is 0 Å². The van der Waals surface area contributed by atoms with E-state index in [2.05, 4.69) is 19.2 Å². The molecular weight excluding hydrogens is 182 g/mol. The monoisotopic (exact) mass is 211 g/mol. The lowest BCUT2D eigenvalue weighted by Crippen LogP contribution is -2.24. The molecule has 0 atom stereocenters. The Hall–Kier alpha value is -0.0400. The Kier molecular flexibility index (Phi) is 6.31. The van der Waals surface area contributed by atoms with Gasteiger partial charge in [0, 0.05) is 6.54 Å². The molecule has 1 N–H and O–H groups in total. The van der Waals surface area contributed by atoms with Gasteiger partial charge in [-0.3, -0.25) is 0 Å². The van der Waals surface area contributed by atoms with Crippen molar-refractivity contribution in [1.82, 2.24) is 5.32 Å². The molecule has 0 aliphatic heterocycles. The number of rotatable bonds is 10. The summed E-state index contributed by atoms with van der Waals surface area (Å²) in [4.78, 5) is 0. The maximum atomic E-state index is 3.59. The number of unbranched alkanes of at least 4 members (excludes halogenated alkanes) is 4. The van der Waals surface area contributed by atoms with Crippen LogP contribution in [-0.2, 0) is 0 Å². The topological polar surface area (TPSA) is 12.0 Å². The Bertz CT molecular complexity index is 149. The van der Waals surface area contributed by atoms with Crippen LogP contribution in [0.3, 0.4) is 0 Å². The summed E-state index contributed by atoms with van der Waals surface area (Å²) in [5.41, 5.74) is 0.737. The van der Waals surface area contributed by atoms with Gasteiger partial charge in [-0.15, -0.1) is 0 Å². The molecule has 0 aromatic rings. The zero-order valence-electron chi connectivity index (χ0n) is 10.8. The smallest absolute Gasteiger partial charge is 0.000781 e. The third kappa shape index (κ3) is 5.55. The zero-order chi connectivity index (χ0) is 11.0. The van der Waals surface area contributed by atoms with Crippen LogP contribution in [0.5, 0.6) is 0 Å². The van der Waals surface area contributed by atoms with E-state index in [9.17, 15) is 0 Å². The lowest BCUT2D eigenvalue weighted by Gasteiger charge is -2.15. The van der Waals surface area contributed by atoms with Crippen molar-refractivity contribution in [2.75, 3.05) is 13.1 Å². The first-order valence-corrected chi connectivity index (χ1v) is 7.04. The van der Waals surface area contributed by atoms with Crippen molar-refractivity contribution in [3.8, 4) is 0 Å². The normalized spacial score (nSPS) is 18.0. The highest BCUT2D eigenvalue weighted by Crippen LogP contribution is 2.49. The molecule has 0 heterocycles. The van der Waals surface area contributed by atoms with Crippen LogP contribution in [-0.4, -0.2) is 13.1 Å². The van der Waals surface area contributed by atoms with Crippen LogP contribution in [0.25, 0.3) is 0 Å². The summed E-state index contributed by atoms with van der Waals surface area (Å²) in [6.45, 7) is 7.03. The van der Waals surface area contributed by atoms with Gasteiger partial charge in [-0.05, 0) is 37.6 Å². The van der Waals surface area contributed by atoms with Crippen LogP contribution in [0, 0.1) is 5.41 Å². The third-order valence-electron chi connectivity index (χ3n) is 3.69. The average Bonchev–Trinajstić information content (AvgIpc) is 2.99. The zero-order valence-corrected chi connectivity index (χ0v) is 10.8. The van der Waals surface area contributed by atoms with Crippen LogP contribution in [0.2, 0.25) is 0 Å². The molecule has 1 rings (SSSR count). The first-order chi connectivity index (χ1) is 7.33. The molecule has 1 fully saturated rings. The molecule has 1 nitrogen and oxygen atoms in total. The van der Waals surface area contributed by atoms with Crippen LogP contribution in [0.15, 0.2) is 0 Å². The van der Waals surface area contributed by atoms with E-state index in [1.165, 1.54) is 70.9 Å². The van der Waals surface area contributed by atoms with Gasteiger partial charge in [-0.2, -0.15) is 0 Å². The predicted octanol–water partition coefficient (Wildman–Crippen LogP) is 4.13. The molecule has 1 aliphatic carbocycles. The largest absolute Gasteiger partial charge is 0.316 e. The minimum atomic E-state index is 0.737. The van der Waals surface area contributed by atoms with Crippen LogP contribution < -0.4 is 5.32 Å². The van der Waals surface area contributed by atoms with Gasteiger partial charge in [-0.1, -0.05) is 46.0 Å². The van der Waals surface area contributed by atoms with E-state index in [0.29, 0.717) is 0 Å². The molecule has 1 aliphatic rings. The van der Waals surface area contributed by atoms with Gasteiger partial charge in [0.05, 0.1) is 0 Å². The molecule has 0 bridgehead atoms. The predicted molar refractivity (Wildman–Crippen MR) is 68.2 cm³/mol. The van der Waals surface area contributed by atoms with Crippen molar-refractivity contribution < 1.29 is 0 Å². The summed E-state index contributed by atoms with van der Waals surface area (Å²) in [7, 11) is 0. The fourth-order valence-electron chi connectivity index (χ4n) is 2.33. The van der Waals surface area contributed by atoms with Gasteiger partial charge in [0.15, 0.2) is 0 Å². The molecule has 0 aromatic heterocycles. The average molecular weight is 211 g/mol. The second-order valence-corrected chi connectivity index (χ2v) is 5.34. The molecule has 1 heteroatoms. The fraction of sp³-hybridized carbons (Fsp3) is 1.00. The van der Waals surface area contributed by atoms with E-state index < -0.39 is 0 Å². The summed E-state index contributed by atoms with van der Waals surface area (Å²) < 4.78 is 0. The Labute approximate surface area is 96.0 Å². The molecule has 0 radical (unpaired) electrons. The number of hydrogen-bond acceptors (Lipinski definition) is 1. The summed E-state index contributed by atoms with van der Waals surface area (Å²) in [6.07, 6.45) is 12.9. The minimum absolute atomic E-state index is 0.737. The van der Waals surface area contributed by atoms with Gasteiger partial charge in [0.1, 0.15) is 0 Å². The number of nitrogens with one attached hydrogen (secondary N) is 1. The van der Waals surface area contributed by atoms with Crippen LogP contribution in [0.4, 0.5) is 0 Å². The Balaban J connectivity index is 1.94. The minimum Gasteiger partial charge on any atom is -0.316 e. The van der Waals surface area contributed by atoms with E-state index in [0.717, 1.165) is 5.41 Å². The van der Waals surface area contributed by atoms with Crippen molar-refractivity contribution in [3.05, 3.63) is 0 Å². The first-order valence-electron chi connectivity index (χ1n) is 7.04. The van der Waals surface area contributed by atoms with Crippen LogP contribution in [0.1, 0.15) is 71.6 Å². The van der Waals surface area contributed by atoms with E-state index in [-0.39, 0.29) is 0 Å². The van der Waals surface area contributed by atoms with Gasteiger partial charge in [-0.25, -0.2) is 0 Å². The summed E-state index contributed by atoms with van der Waals surface area (Å²) >= 11 is 0. The Morgan fingerprint density at radius 1 is 0.933 bits per heavy atom. The SMILES string of the molecule is CCCCCCCC1(CNCCC)CC1. The second-order valence-electron chi connectivity index (χ2n) is 5.34. The Morgan fingerprint density at radius 2 is 1.67 bits per heavy atom. The second kappa shape index (κ2) is 7.27. The fourth-order valence-corrected chi connectivity index (χ4v) is 2.33. The summed E-state index contributed by atoms with van der Waals surface area (Å²) in [5, 5.41) is 3.59. The Morgan fingerprint density at radius 3 is 2.27 bits per heavy atom. The van der Waals surface area contributed by atoms with E-state index in [4.69, 9.17) is 0 Å². The quantitative estimate of drug-likeness (QED) is 0.536. The van der Waals surface area contributed by atoms with Crippen molar-refractivity contribution in [2.45, 2.75) is 71.6 Å². The van der Waals surface area contributed by atoms with E-state index in [1.807, 2.05) is 0 Å². The molecule has 0 amide bonds. The molecule has 0 aromatic carbocycles. The van der Waals surface area contributed by atoms with Crippen molar-refractivity contribution >= 4 is 0 Å². The van der Waals surface area contributed by atoms with Gasteiger partial charge in [0.25, 0.3) is 0 Å². The first kappa shape index (κ1) is 13.0.